The van der Waals surface area contributed by atoms with E-state index in [1.807, 2.05) is 0 Å². The van der Waals surface area contributed by atoms with Crippen molar-refractivity contribution >= 4 is 11.7 Å². The fraction of sp³-hybridized carbons (Fsp3) is 0.571. The molecule has 1 amide bonds. The third kappa shape index (κ3) is 2.87. The van der Waals surface area contributed by atoms with Crippen LogP contribution in [-0.2, 0) is 4.74 Å². The molecular weight excluding hydrogens is 244 g/mol. The summed E-state index contributed by atoms with van der Waals surface area (Å²) >= 11 is 0. The van der Waals surface area contributed by atoms with Crippen LogP contribution in [0.5, 0.6) is 0 Å². The Kier molecular flexibility index (Phi) is 3.38. The molecule has 0 aromatic carbocycles. The maximum absolute atomic E-state index is 11.9. The van der Waals surface area contributed by atoms with Crippen LogP contribution in [0.15, 0.2) is 12.3 Å². The molecule has 19 heavy (non-hydrogen) atoms. The molecule has 2 heterocycles. The van der Waals surface area contributed by atoms with Gasteiger partial charge in [0.1, 0.15) is 5.69 Å². The molecule has 5 heteroatoms. The van der Waals surface area contributed by atoms with Crippen LogP contribution in [0.1, 0.15) is 46.5 Å². The molecule has 1 aliphatic carbocycles. The van der Waals surface area contributed by atoms with Crippen LogP contribution in [-0.4, -0.2) is 35.9 Å². The van der Waals surface area contributed by atoms with E-state index < -0.39 is 0 Å². The minimum Gasteiger partial charge on any atom is -0.376 e. The second-order valence-electron chi connectivity index (χ2n) is 5.29. The summed E-state index contributed by atoms with van der Waals surface area (Å²) in [5.41, 5.74) is 1.06. The molecule has 0 spiro atoms. The molecule has 1 aliphatic heterocycles. The molecule has 1 saturated heterocycles. The molecule has 1 aromatic heterocycles. The quantitative estimate of drug-likeness (QED) is 0.790. The summed E-state index contributed by atoms with van der Waals surface area (Å²) in [6.45, 7) is 1.31. The van der Waals surface area contributed by atoms with E-state index in [9.17, 15) is 9.59 Å². The van der Waals surface area contributed by atoms with Gasteiger partial charge in [0.15, 0.2) is 5.78 Å². The highest BCUT2D eigenvalue weighted by atomic mass is 16.5. The molecule has 1 saturated carbocycles. The first-order chi connectivity index (χ1) is 9.24. The zero-order valence-corrected chi connectivity index (χ0v) is 10.8. The number of rotatable bonds is 5. The molecule has 0 unspecified atom stereocenters. The van der Waals surface area contributed by atoms with Gasteiger partial charge in [-0.3, -0.25) is 9.59 Å². The second-order valence-corrected chi connectivity index (χ2v) is 5.29. The molecule has 3 rings (SSSR count). The molecular formula is C14H18N2O3. The number of H-pyrrole nitrogens is 1. The van der Waals surface area contributed by atoms with Crippen molar-refractivity contribution < 1.29 is 14.3 Å². The van der Waals surface area contributed by atoms with E-state index in [0.717, 1.165) is 32.3 Å². The van der Waals surface area contributed by atoms with Crippen LogP contribution in [0, 0.1) is 5.92 Å². The van der Waals surface area contributed by atoms with Gasteiger partial charge in [-0.15, -0.1) is 0 Å². The van der Waals surface area contributed by atoms with Crippen LogP contribution < -0.4 is 5.32 Å². The molecule has 0 bridgehead atoms. The topological polar surface area (TPSA) is 71.2 Å². The van der Waals surface area contributed by atoms with Gasteiger partial charge in [-0.1, -0.05) is 0 Å². The Morgan fingerprint density at radius 1 is 1.37 bits per heavy atom. The van der Waals surface area contributed by atoms with Crippen LogP contribution in [0.2, 0.25) is 0 Å². The Hall–Kier alpha value is -1.62. The lowest BCUT2D eigenvalue weighted by Crippen LogP contribution is -2.31. The van der Waals surface area contributed by atoms with E-state index in [2.05, 4.69) is 10.3 Å². The van der Waals surface area contributed by atoms with Crippen molar-refractivity contribution in [3.05, 3.63) is 23.5 Å². The van der Waals surface area contributed by atoms with Crippen molar-refractivity contribution in [1.29, 1.82) is 0 Å². The molecule has 1 aromatic rings. The van der Waals surface area contributed by atoms with Gasteiger partial charge in [-0.25, -0.2) is 0 Å². The Labute approximate surface area is 111 Å². The third-order valence-electron chi connectivity index (χ3n) is 3.67. The standard InChI is InChI=1S/C14H18N2O3/c17-13(9-3-4-9)10-6-12(15-7-10)14(18)16-8-11-2-1-5-19-11/h6-7,9,11,15H,1-5,8H2,(H,16,18)/t11-/m1/s1. The lowest BCUT2D eigenvalue weighted by Gasteiger charge is -2.09. The number of aromatic nitrogens is 1. The number of aromatic amines is 1. The van der Waals surface area contributed by atoms with Gasteiger partial charge in [-0.2, -0.15) is 0 Å². The summed E-state index contributed by atoms with van der Waals surface area (Å²) < 4.78 is 5.44. The lowest BCUT2D eigenvalue weighted by molar-refractivity contribution is 0.0854. The summed E-state index contributed by atoms with van der Waals surface area (Å²) in [5, 5.41) is 2.83. The summed E-state index contributed by atoms with van der Waals surface area (Å²) in [6.07, 6.45) is 5.77. The van der Waals surface area contributed by atoms with Crippen molar-refractivity contribution in [1.82, 2.24) is 10.3 Å². The van der Waals surface area contributed by atoms with Crippen molar-refractivity contribution in [2.75, 3.05) is 13.2 Å². The minimum absolute atomic E-state index is 0.131. The van der Waals surface area contributed by atoms with Crippen molar-refractivity contribution in [2.24, 2.45) is 5.92 Å². The van der Waals surface area contributed by atoms with Gasteiger partial charge >= 0.3 is 0 Å². The van der Waals surface area contributed by atoms with Crippen LogP contribution in [0.3, 0.4) is 0 Å². The average Bonchev–Trinajstić information content (AvgIpc) is 2.94. The largest absolute Gasteiger partial charge is 0.376 e. The molecule has 1 atom stereocenters. The molecule has 2 fully saturated rings. The van der Waals surface area contributed by atoms with E-state index in [0.29, 0.717) is 17.8 Å². The molecule has 5 nitrogen and oxygen atoms in total. The molecule has 102 valence electrons. The normalized spacial score (nSPS) is 22.4. The summed E-state index contributed by atoms with van der Waals surface area (Å²) in [4.78, 5) is 26.6. The van der Waals surface area contributed by atoms with Gasteiger partial charge in [0.05, 0.1) is 6.10 Å². The predicted molar refractivity (Wildman–Crippen MR) is 69.2 cm³/mol. The number of nitrogens with one attached hydrogen (secondary N) is 2. The predicted octanol–water partition coefficient (Wildman–Crippen LogP) is 1.52. The van der Waals surface area contributed by atoms with E-state index >= 15 is 0 Å². The van der Waals surface area contributed by atoms with Crippen LogP contribution in [0.25, 0.3) is 0 Å². The number of carbonyl (C=O) groups is 2. The Morgan fingerprint density at radius 3 is 2.89 bits per heavy atom. The number of carbonyl (C=O) groups excluding carboxylic acids is 2. The van der Waals surface area contributed by atoms with Gasteiger partial charge in [0.25, 0.3) is 5.91 Å². The monoisotopic (exact) mass is 262 g/mol. The van der Waals surface area contributed by atoms with Crippen LogP contribution >= 0.6 is 0 Å². The summed E-state index contributed by atoms with van der Waals surface area (Å²) in [6, 6.07) is 1.64. The second kappa shape index (κ2) is 5.17. The SMILES string of the molecule is O=C(NC[C@H]1CCCO1)c1cc(C(=O)C2CC2)c[nH]1. The number of Topliss-reactive ketones (excluding diaryl/α,β-unsaturated/α-hetero) is 1. The molecule has 0 radical (unpaired) electrons. The fourth-order valence-electron chi connectivity index (χ4n) is 2.36. The first-order valence-electron chi connectivity index (χ1n) is 6.86. The first kappa shape index (κ1) is 12.4. The molecule has 2 N–H and O–H groups in total. The average molecular weight is 262 g/mol. The summed E-state index contributed by atoms with van der Waals surface area (Å²) in [5.74, 6) is 0.151. The van der Waals surface area contributed by atoms with Gasteiger partial charge in [0, 0.05) is 30.8 Å². The van der Waals surface area contributed by atoms with Gasteiger partial charge in [-0.05, 0) is 31.7 Å². The smallest absolute Gasteiger partial charge is 0.267 e. The number of hydrogen-bond acceptors (Lipinski definition) is 3. The zero-order valence-electron chi connectivity index (χ0n) is 10.8. The highest BCUT2D eigenvalue weighted by Gasteiger charge is 2.31. The third-order valence-corrected chi connectivity index (χ3v) is 3.67. The molecule has 2 aliphatic rings. The van der Waals surface area contributed by atoms with E-state index in [1.54, 1.807) is 12.3 Å². The lowest BCUT2D eigenvalue weighted by atomic mass is 10.1. The van der Waals surface area contributed by atoms with Crippen molar-refractivity contribution in [3.63, 3.8) is 0 Å². The fourth-order valence-corrected chi connectivity index (χ4v) is 2.36. The first-order valence-corrected chi connectivity index (χ1v) is 6.86. The van der Waals surface area contributed by atoms with E-state index in [-0.39, 0.29) is 23.7 Å². The zero-order chi connectivity index (χ0) is 13.2. The number of ketones is 1. The van der Waals surface area contributed by atoms with Gasteiger partial charge < -0.3 is 15.0 Å². The van der Waals surface area contributed by atoms with E-state index in [1.165, 1.54) is 0 Å². The van der Waals surface area contributed by atoms with Crippen molar-refractivity contribution in [2.45, 2.75) is 31.8 Å². The highest BCUT2D eigenvalue weighted by molar-refractivity contribution is 6.02. The van der Waals surface area contributed by atoms with Crippen LogP contribution in [0.4, 0.5) is 0 Å². The van der Waals surface area contributed by atoms with E-state index in [4.69, 9.17) is 4.74 Å². The van der Waals surface area contributed by atoms with Gasteiger partial charge in [0.2, 0.25) is 0 Å². The highest BCUT2D eigenvalue weighted by Crippen LogP contribution is 2.32. The van der Waals surface area contributed by atoms with Crippen molar-refractivity contribution in [3.8, 4) is 0 Å². The maximum atomic E-state index is 11.9. The number of ether oxygens (including phenoxy) is 1. The maximum Gasteiger partial charge on any atom is 0.267 e. The number of hydrogen-bond donors (Lipinski definition) is 2. The summed E-state index contributed by atoms with van der Waals surface area (Å²) in [7, 11) is 0. The Bertz CT molecular complexity index is 485. The number of amides is 1. The Balaban J connectivity index is 1.55. The minimum atomic E-state index is -0.176. The Morgan fingerprint density at radius 2 is 2.21 bits per heavy atom.